The van der Waals surface area contributed by atoms with E-state index in [0.29, 0.717) is 0 Å². The van der Waals surface area contributed by atoms with Crippen molar-refractivity contribution in [2.24, 2.45) is 0 Å². The van der Waals surface area contributed by atoms with E-state index in [1.165, 1.54) is 42.7 Å². The topological polar surface area (TPSA) is 12.0 Å². The molecule has 0 aliphatic heterocycles. The summed E-state index contributed by atoms with van der Waals surface area (Å²) in [6.45, 7) is 5.62. The summed E-state index contributed by atoms with van der Waals surface area (Å²) < 4.78 is 0. The highest BCUT2D eigenvalue weighted by molar-refractivity contribution is 8.00. The Balaban J connectivity index is 1.83. The molecular weight excluding hydrogens is 226 g/mol. The summed E-state index contributed by atoms with van der Waals surface area (Å²) in [6.07, 6.45) is 5.29. The Hall–Kier alpha value is -0.470. The van der Waals surface area contributed by atoms with Crippen LogP contribution in [0.1, 0.15) is 38.2 Å². The molecule has 2 heteroatoms. The maximum atomic E-state index is 3.65. The SMILES string of the molecule is CCCNC1CCC(Sc2ccccc2C)C1. The third-order valence-electron chi connectivity index (χ3n) is 3.45. The molecule has 2 atom stereocenters. The van der Waals surface area contributed by atoms with Crippen LogP contribution >= 0.6 is 11.8 Å². The Kier molecular flexibility index (Phi) is 4.93. The summed E-state index contributed by atoms with van der Waals surface area (Å²) in [5.74, 6) is 0. The Morgan fingerprint density at radius 2 is 2.12 bits per heavy atom. The fourth-order valence-electron chi connectivity index (χ4n) is 2.45. The van der Waals surface area contributed by atoms with E-state index in [9.17, 15) is 0 Å². The van der Waals surface area contributed by atoms with Crippen LogP contribution in [0.5, 0.6) is 0 Å². The second kappa shape index (κ2) is 6.46. The molecule has 1 aromatic rings. The first-order valence-corrected chi connectivity index (χ1v) is 7.63. The zero-order chi connectivity index (χ0) is 12.1. The van der Waals surface area contributed by atoms with Crippen molar-refractivity contribution in [3.63, 3.8) is 0 Å². The fourth-order valence-corrected chi connectivity index (χ4v) is 3.80. The van der Waals surface area contributed by atoms with Crippen molar-refractivity contribution in [1.82, 2.24) is 5.32 Å². The van der Waals surface area contributed by atoms with Gasteiger partial charge in [-0.3, -0.25) is 0 Å². The molecule has 1 aliphatic rings. The molecule has 1 N–H and O–H groups in total. The highest BCUT2D eigenvalue weighted by Crippen LogP contribution is 2.36. The first-order valence-electron chi connectivity index (χ1n) is 6.75. The van der Waals surface area contributed by atoms with Crippen LogP contribution in [-0.2, 0) is 0 Å². The lowest BCUT2D eigenvalue weighted by molar-refractivity contribution is 0.524. The standard InChI is InChI=1S/C15H23NS/c1-3-10-16-13-8-9-14(11-13)17-15-7-5-4-6-12(15)2/h4-7,13-14,16H,3,8-11H2,1-2H3. The highest BCUT2D eigenvalue weighted by atomic mass is 32.2. The van der Waals surface area contributed by atoms with Crippen LogP contribution in [0.2, 0.25) is 0 Å². The second-order valence-corrected chi connectivity index (χ2v) is 6.31. The van der Waals surface area contributed by atoms with Gasteiger partial charge < -0.3 is 5.32 Å². The molecule has 0 radical (unpaired) electrons. The Morgan fingerprint density at radius 3 is 2.88 bits per heavy atom. The van der Waals surface area contributed by atoms with Crippen LogP contribution in [0.15, 0.2) is 29.2 Å². The van der Waals surface area contributed by atoms with Gasteiger partial charge in [0.1, 0.15) is 0 Å². The molecule has 94 valence electrons. The second-order valence-electron chi connectivity index (χ2n) is 4.97. The van der Waals surface area contributed by atoms with Crippen LogP contribution in [-0.4, -0.2) is 17.8 Å². The molecular formula is C15H23NS. The van der Waals surface area contributed by atoms with Crippen LogP contribution in [0.3, 0.4) is 0 Å². The summed E-state index contributed by atoms with van der Waals surface area (Å²) in [6, 6.07) is 9.50. The van der Waals surface area contributed by atoms with E-state index < -0.39 is 0 Å². The lowest BCUT2D eigenvalue weighted by Gasteiger charge is -2.13. The van der Waals surface area contributed by atoms with Crippen LogP contribution < -0.4 is 5.32 Å². The predicted octanol–water partition coefficient (Wildman–Crippen LogP) is 4.01. The number of benzene rings is 1. The molecule has 0 bridgehead atoms. The number of aryl methyl sites for hydroxylation is 1. The Labute approximate surface area is 109 Å². The van der Waals surface area contributed by atoms with Gasteiger partial charge in [-0.05, 0) is 50.8 Å². The summed E-state index contributed by atoms with van der Waals surface area (Å²) in [7, 11) is 0. The van der Waals surface area contributed by atoms with Gasteiger partial charge in [0.2, 0.25) is 0 Å². The minimum Gasteiger partial charge on any atom is -0.314 e. The minimum atomic E-state index is 0.761. The Bertz CT molecular complexity index is 351. The van der Waals surface area contributed by atoms with Crippen molar-refractivity contribution in [3.05, 3.63) is 29.8 Å². The molecule has 0 spiro atoms. The van der Waals surface area contributed by atoms with Crippen molar-refractivity contribution in [2.75, 3.05) is 6.54 Å². The molecule has 0 saturated heterocycles. The van der Waals surface area contributed by atoms with Gasteiger partial charge >= 0.3 is 0 Å². The number of hydrogen-bond donors (Lipinski definition) is 1. The van der Waals surface area contributed by atoms with E-state index >= 15 is 0 Å². The van der Waals surface area contributed by atoms with Crippen LogP contribution in [0.25, 0.3) is 0 Å². The largest absolute Gasteiger partial charge is 0.314 e. The normalized spacial score (nSPS) is 24.1. The lowest BCUT2D eigenvalue weighted by Crippen LogP contribution is -2.27. The van der Waals surface area contributed by atoms with Gasteiger partial charge in [0, 0.05) is 16.2 Å². The molecule has 1 nitrogen and oxygen atoms in total. The van der Waals surface area contributed by atoms with E-state index in [0.717, 1.165) is 11.3 Å². The summed E-state index contributed by atoms with van der Waals surface area (Å²) in [5.41, 5.74) is 1.42. The highest BCUT2D eigenvalue weighted by Gasteiger charge is 2.24. The lowest BCUT2D eigenvalue weighted by atomic mass is 10.2. The molecule has 2 rings (SSSR count). The van der Waals surface area contributed by atoms with Crippen molar-refractivity contribution in [1.29, 1.82) is 0 Å². The first kappa shape index (κ1) is 13.0. The molecule has 1 saturated carbocycles. The molecule has 0 aromatic heterocycles. The van der Waals surface area contributed by atoms with Gasteiger partial charge in [-0.2, -0.15) is 0 Å². The molecule has 1 aliphatic carbocycles. The monoisotopic (exact) mass is 249 g/mol. The zero-order valence-electron chi connectivity index (χ0n) is 10.9. The van der Waals surface area contributed by atoms with Gasteiger partial charge in [0.25, 0.3) is 0 Å². The van der Waals surface area contributed by atoms with E-state index in [4.69, 9.17) is 0 Å². The van der Waals surface area contributed by atoms with E-state index in [1.807, 2.05) is 0 Å². The van der Waals surface area contributed by atoms with Crippen molar-refractivity contribution < 1.29 is 0 Å². The van der Waals surface area contributed by atoms with Gasteiger partial charge in [0.05, 0.1) is 0 Å². The smallest absolute Gasteiger partial charge is 0.0110 e. The van der Waals surface area contributed by atoms with Crippen molar-refractivity contribution in [2.45, 2.75) is 55.7 Å². The molecule has 0 heterocycles. The molecule has 0 amide bonds. The predicted molar refractivity (Wildman–Crippen MR) is 76.8 cm³/mol. The first-order chi connectivity index (χ1) is 8.29. The molecule has 1 aromatic carbocycles. The quantitative estimate of drug-likeness (QED) is 0.846. The van der Waals surface area contributed by atoms with Gasteiger partial charge in [0.15, 0.2) is 0 Å². The van der Waals surface area contributed by atoms with E-state index in [-0.39, 0.29) is 0 Å². The van der Waals surface area contributed by atoms with Gasteiger partial charge in [-0.25, -0.2) is 0 Å². The maximum Gasteiger partial charge on any atom is 0.0110 e. The van der Waals surface area contributed by atoms with Crippen molar-refractivity contribution in [3.8, 4) is 0 Å². The maximum absolute atomic E-state index is 3.65. The average Bonchev–Trinajstić information content (AvgIpc) is 2.77. The number of nitrogens with one attached hydrogen (secondary N) is 1. The summed E-state index contributed by atoms with van der Waals surface area (Å²) >= 11 is 2.08. The minimum absolute atomic E-state index is 0.761. The molecule has 2 unspecified atom stereocenters. The van der Waals surface area contributed by atoms with E-state index in [1.54, 1.807) is 0 Å². The van der Waals surface area contributed by atoms with Gasteiger partial charge in [-0.15, -0.1) is 11.8 Å². The van der Waals surface area contributed by atoms with Gasteiger partial charge in [-0.1, -0.05) is 25.1 Å². The van der Waals surface area contributed by atoms with Crippen LogP contribution in [0, 0.1) is 6.92 Å². The Morgan fingerprint density at radius 1 is 1.29 bits per heavy atom. The summed E-state index contributed by atoms with van der Waals surface area (Å²) in [5, 5.41) is 4.46. The third-order valence-corrected chi connectivity index (χ3v) is 4.93. The van der Waals surface area contributed by atoms with Crippen LogP contribution in [0.4, 0.5) is 0 Å². The molecule has 1 fully saturated rings. The average molecular weight is 249 g/mol. The number of rotatable bonds is 5. The van der Waals surface area contributed by atoms with E-state index in [2.05, 4.69) is 55.2 Å². The third kappa shape index (κ3) is 3.75. The summed E-state index contributed by atoms with van der Waals surface area (Å²) in [4.78, 5) is 1.47. The van der Waals surface area contributed by atoms with Crippen molar-refractivity contribution >= 4 is 11.8 Å². The zero-order valence-corrected chi connectivity index (χ0v) is 11.7. The molecule has 17 heavy (non-hydrogen) atoms. The number of hydrogen-bond acceptors (Lipinski definition) is 2. The number of thioether (sulfide) groups is 1. The fraction of sp³-hybridized carbons (Fsp3) is 0.600.